The normalized spacial score (nSPS) is 20.5. The fraction of sp³-hybridized carbons (Fsp3) is 0.583. The number of hydrogen-bond acceptors (Lipinski definition) is 1. The molecule has 0 aromatic heterocycles. The van der Waals surface area contributed by atoms with Crippen molar-refractivity contribution < 1.29 is 4.79 Å². The first-order valence-corrected chi connectivity index (χ1v) is 5.47. The number of rotatable bonds is 4. The maximum absolute atomic E-state index is 10.6. The molecule has 0 radical (unpaired) electrons. The van der Waals surface area contributed by atoms with E-state index in [1.807, 2.05) is 0 Å². The van der Waals surface area contributed by atoms with Crippen LogP contribution in [0.1, 0.15) is 39.5 Å². The number of nitrogens with two attached hydrogens (primary N) is 1. The molecule has 0 aromatic rings. The topological polar surface area (TPSA) is 55.1 Å². The summed E-state index contributed by atoms with van der Waals surface area (Å²) in [5, 5.41) is 2.55. The zero-order valence-electron chi connectivity index (χ0n) is 9.60. The van der Waals surface area contributed by atoms with Gasteiger partial charge in [-0.15, -0.1) is 0 Å². The van der Waals surface area contributed by atoms with Crippen LogP contribution in [-0.4, -0.2) is 6.03 Å². The van der Waals surface area contributed by atoms with Gasteiger partial charge in [-0.3, -0.25) is 0 Å². The number of urea groups is 1. The Morgan fingerprint density at radius 1 is 1.67 bits per heavy atom. The van der Waals surface area contributed by atoms with Crippen LogP contribution < -0.4 is 11.1 Å². The molecule has 0 spiro atoms. The molecule has 0 saturated carbocycles. The zero-order chi connectivity index (χ0) is 11.4. The molecular weight excluding hydrogens is 188 g/mol. The molecule has 0 heterocycles. The number of allylic oxidation sites excluding steroid dienone is 3. The maximum Gasteiger partial charge on any atom is 0.316 e. The van der Waals surface area contributed by atoms with Gasteiger partial charge in [0.1, 0.15) is 0 Å². The molecule has 0 bridgehead atoms. The third-order valence-corrected chi connectivity index (χ3v) is 3.08. The zero-order valence-corrected chi connectivity index (χ0v) is 9.60. The van der Waals surface area contributed by atoms with Crippen LogP contribution in [0.4, 0.5) is 4.79 Å². The van der Waals surface area contributed by atoms with Crippen LogP contribution in [0.2, 0.25) is 0 Å². The summed E-state index contributed by atoms with van der Waals surface area (Å²) < 4.78 is 0. The highest BCUT2D eigenvalue weighted by Crippen LogP contribution is 2.36. The Kier molecular flexibility index (Phi) is 3.95. The van der Waals surface area contributed by atoms with E-state index in [2.05, 4.69) is 25.7 Å². The summed E-state index contributed by atoms with van der Waals surface area (Å²) in [6.45, 7) is 8.20. The Hall–Kier alpha value is -1.25. The van der Waals surface area contributed by atoms with Crippen molar-refractivity contribution in [2.45, 2.75) is 39.5 Å². The fourth-order valence-electron chi connectivity index (χ4n) is 2.41. The predicted octanol–water partition coefficient (Wildman–Crippen LogP) is 2.69. The summed E-state index contributed by atoms with van der Waals surface area (Å²) in [5.74, 6) is 0.550. The Bertz CT molecular complexity index is 305. The van der Waals surface area contributed by atoms with Crippen LogP contribution in [-0.2, 0) is 0 Å². The van der Waals surface area contributed by atoms with Gasteiger partial charge >= 0.3 is 6.03 Å². The highest BCUT2D eigenvalue weighted by molar-refractivity contribution is 5.73. The molecule has 0 aromatic carbocycles. The SMILES string of the molecule is C=C(CC1CCC(C)=C1CC)NC(N)=O. The van der Waals surface area contributed by atoms with Gasteiger partial charge in [-0.25, -0.2) is 4.79 Å². The quantitative estimate of drug-likeness (QED) is 0.686. The van der Waals surface area contributed by atoms with E-state index in [1.54, 1.807) is 0 Å². The van der Waals surface area contributed by atoms with E-state index in [9.17, 15) is 4.79 Å². The average Bonchev–Trinajstić information content (AvgIpc) is 2.45. The van der Waals surface area contributed by atoms with Crippen molar-refractivity contribution in [3.05, 3.63) is 23.4 Å². The molecular formula is C12H20N2O. The largest absolute Gasteiger partial charge is 0.351 e. The standard InChI is InChI=1S/C12H20N2O/c1-4-11-8(2)5-6-10(11)7-9(3)14-12(13)15/h10H,3-7H2,1-2H3,(H3,13,14,15). The first kappa shape index (κ1) is 11.8. The molecule has 0 saturated heterocycles. The minimum absolute atomic E-state index is 0.517. The van der Waals surface area contributed by atoms with Crippen molar-refractivity contribution in [1.29, 1.82) is 0 Å². The first-order chi connectivity index (χ1) is 7.04. The molecule has 1 aliphatic rings. The van der Waals surface area contributed by atoms with Gasteiger partial charge in [-0.05, 0) is 38.5 Å². The second kappa shape index (κ2) is 5.01. The van der Waals surface area contributed by atoms with Crippen LogP contribution in [0.5, 0.6) is 0 Å². The summed E-state index contributed by atoms with van der Waals surface area (Å²) >= 11 is 0. The molecule has 0 aliphatic heterocycles. The van der Waals surface area contributed by atoms with Crippen molar-refractivity contribution in [1.82, 2.24) is 5.32 Å². The molecule has 1 rings (SSSR count). The lowest BCUT2D eigenvalue weighted by Crippen LogP contribution is -2.29. The van der Waals surface area contributed by atoms with Crippen LogP contribution in [0.25, 0.3) is 0 Å². The van der Waals surface area contributed by atoms with Crippen molar-refractivity contribution >= 4 is 6.03 Å². The summed E-state index contributed by atoms with van der Waals surface area (Å²) in [5.41, 5.74) is 8.81. The van der Waals surface area contributed by atoms with Gasteiger partial charge in [0.15, 0.2) is 0 Å². The van der Waals surface area contributed by atoms with Crippen molar-refractivity contribution in [3.63, 3.8) is 0 Å². The van der Waals surface area contributed by atoms with Gasteiger partial charge in [-0.2, -0.15) is 0 Å². The summed E-state index contributed by atoms with van der Waals surface area (Å²) in [6, 6.07) is -0.517. The highest BCUT2D eigenvalue weighted by Gasteiger charge is 2.22. The lowest BCUT2D eigenvalue weighted by molar-refractivity contribution is 0.250. The Morgan fingerprint density at radius 2 is 2.33 bits per heavy atom. The number of hydrogen-bond donors (Lipinski definition) is 2. The van der Waals surface area contributed by atoms with Gasteiger partial charge in [0, 0.05) is 5.70 Å². The van der Waals surface area contributed by atoms with Crippen LogP contribution >= 0.6 is 0 Å². The molecule has 1 atom stereocenters. The highest BCUT2D eigenvalue weighted by atomic mass is 16.2. The van der Waals surface area contributed by atoms with Crippen molar-refractivity contribution in [2.75, 3.05) is 0 Å². The molecule has 0 fully saturated rings. The van der Waals surface area contributed by atoms with E-state index >= 15 is 0 Å². The summed E-state index contributed by atoms with van der Waals surface area (Å²) in [4.78, 5) is 10.6. The molecule has 1 unspecified atom stereocenters. The second-order valence-corrected chi connectivity index (χ2v) is 4.19. The van der Waals surface area contributed by atoms with Crippen LogP contribution in [0.3, 0.4) is 0 Å². The third kappa shape index (κ3) is 3.11. The molecule has 15 heavy (non-hydrogen) atoms. The first-order valence-electron chi connectivity index (χ1n) is 5.47. The Balaban J connectivity index is 2.53. The van der Waals surface area contributed by atoms with Crippen molar-refractivity contribution in [3.8, 4) is 0 Å². The predicted molar refractivity (Wildman–Crippen MR) is 62.2 cm³/mol. The monoisotopic (exact) mass is 208 g/mol. The maximum atomic E-state index is 10.6. The number of primary amides is 1. The summed E-state index contributed by atoms with van der Waals surface area (Å²) in [7, 11) is 0. The molecule has 84 valence electrons. The minimum atomic E-state index is -0.517. The van der Waals surface area contributed by atoms with Gasteiger partial charge in [0.2, 0.25) is 0 Å². The average molecular weight is 208 g/mol. The minimum Gasteiger partial charge on any atom is -0.351 e. The van der Waals surface area contributed by atoms with Gasteiger partial charge in [-0.1, -0.05) is 24.6 Å². The van der Waals surface area contributed by atoms with E-state index in [4.69, 9.17) is 5.73 Å². The molecule has 1 aliphatic carbocycles. The van der Waals surface area contributed by atoms with Gasteiger partial charge < -0.3 is 11.1 Å². The van der Waals surface area contributed by atoms with E-state index in [0.717, 1.165) is 18.5 Å². The Morgan fingerprint density at radius 3 is 2.87 bits per heavy atom. The Labute approximate surface area is 91.4 Å². The van der Waals surface area contributed by atoms with Gasteiger partial charge in [0.05, 0.1) is 0 Å². The second-order valence-electron chi connectivity index (χ2n) is 4.19. The third-order valence-electron chi connectivity index (χ3n) is 3.08. The smallest absolute Gasteiger partial charge is 0.316 e. The molecule has 3 N–H and O–H groups in total. The summed E-state index contributed by atoms with van der Waals surface area (Å²) in [6.07, 6.45) is 4.27. The molecule has 3 nitrogen and oxygen atoms in total. The lowest BCUT2D eigenvalue weighted by atomic mass is 9.94. The van der Waals surface area contributed by atoms with Crippen LogP contribution in [0.15, 0.2) is 23.4 Å². The van der Waals surface area contributed by atoms with E-state index in [0.29, 0.717) is 5.92 Å². The van der Waals surface area contributed by atoms with Crippen LogP contribution in [0, 0.1) is 5.92 Å². The fourth-order valence-corrected chi connectivity index (χ4v) is 2.41. The number of carbonyl (C=O) groups is 1. The van der Waals surface area contributed by atoms with E-state index < -0.39 is 6.03 Å². The molecule has 3 heteroatoms. The molecule has 2 amide bonds. The lowest BCUT2D eigenvalue weighted by Gasteiger charge is -2.15. The van der Waals surface area contributed by atoms with Gasteiger partial charge in [0.25, 0.3) is 0 Å². The number of amides is 2. The van der Waals surface area contributed by atoms with E-state index in [-0.39, 0.29) is 0 Å². The van der Waals surface area contributed by atoms with Crippen molar-refractivity contribution in [2.24, 2.45) is 11.7 Å². The number of nitrogens with one attached hydrogen (secondary N) is 1. The number of carbonyl (C=O) groups excluding carboxylic acids is 1. The van der Waals surface area contributed by atoms with E-state index in [1.165, 1.54) is 24.0 Å².